The van der Waals surface area contributed by atoms with Gasteiger partial charge in [0, 0.05) is 19.6 Å². The fourth-order valence-corrected chi connectivity index (χ4v) is 12.0. The lowest BCUT2D eigenvalue weighted by Crippen LogP contribution is -2.66. The van der Waals surface area contributed by atoms with Gasteiger partial charge in [0.05, 0.1) is 6.10 Å². The van der Waals surface area contributed by atoms with E-state index in [9.17, 15) is 4.79 Å². The first-order chi connectivity index (χ1) is 26.3. The van der Waals surface area contributed by atoms with E-state index >= 15 is 0 Å². The first kappa shape index (κ1) is 43.5. The maximum Gasteiger partial charge on any atom is 0.509 e. The van der Waals surface area contributed by atoms with Crippen LogP contribution in [0.2, 0.25) is 5.04 Å². The Bertz CT molecular complexity index is 1680. The fourth-order valence-electron chi connectivity index (χ4n) is 7.38. The molecule has 0 aliphatic rings. The van der Waals surface area contributed by atoms with Crippen molar-refractivity contribution < 1.29 is 23.4 Å². The Hall–Kier alpha value is -4.23. The van der Waals surface area contributed by atoms with Gasteiger partial charge in [0.1, 0.15) is 12.2 Å². The normalized spacial score (nSPS) is 13.5. The number of benzene rings is 4. The molecule has 0 aliphatic carbocycles. The van der Waals surface area contributed by atoms with Gasteiger partial charge in [0.2, 0.25) is 0 Å². The average molecular weight is 761 g/mol. The van der Waals surface area contributed by atoms with Crippen LogP contribution in [0, 0.1) is 0 Å². The molecule has 0 aromatic heterocycles. The highest BCUT2D eigenvalue weighted by Gasteiger charge is 2.49. The van der Waals surface area contributed by atoms with Crippen LogP contribution in [0.15, 0.2) is 145 Å². The van der Waals surface area contributed by atoms with Crippen molar-refractivity contribution in [3.63, 3.8) is 0 Å². The third-order valence-corrected chi connectivity index (χ3v) is 15.1. The van der Waals surface area contributed by atoms with Gasteiger partial charge in [-0.3, -0.25) is 0 Å². The highest BCUT2D eigenvalue weighted by Crippen LogP contribution is 2.37. The first-order valence-electron chi connectivity index (χ1n) is 19.9. The molecule has 0 radical (unpaired) electrons. The Kier molecular flexibility index (Phi) is 16.7. The maximum atomic E-state index is 12.5. The van der Waals surface area contributed by atoms with Crippen LogP contribution in [-0.2, 0) is 18.6 Å². The van der Waals surface area contributed by atoms with Crippen molar-refractivity contribution >= 4 is 24.8 Å². The summed E-state index contributed by atoms with van der Waals surface area (Å²) in [5.41, 5.74) is 4.33. The van der Waals surface area contributed by atoms with Gasteiger partial charge in [-0.15, -0.1) is 0 Å². The summed E-state index contributed by atoms with van der Waals surface area (Å²) in [4.78, 5) is 12.5. The Balaban J connectivity index is 1.42. The first-order valence-corrected chi connectivity index (χ1v) is 21.8. The molecule has 0 spiro atoms. The number of unbranched alkanes of at least 4 members (excludes halogenated alkanes) is 1. The van der Waals surface area contributed by atoms with Gasteiger partial charge >= 0.3 is 6.16 Å². The lowest BCUT2D eigenvalue weighted by molar-refractivity contribution is -0.00369. The smallest absolute Gasteiger partial charge is 0.430 e. The second kappa shape index (κ2) is 21.2. The summed E-state index contributed by atoms with van der Waals surface area (Å²) in [5, 5.41) is 2.49. The van der Waals surface area contributed by atoms with E-state index in [0.717, 1.165) is 44.1 Å². The maximum absolute atomic E-state index is 12.5. The molecule has 0 aliphatic heterocycles. The molecule has 0 saturated heterocycles. The Morgan fingerprint density at radius 1 is 0.691 bits per heavy atom. The average Bonchev–Trinajstić information content (AvgIpc) is 3.16. The Morgan fingerprint density at radius 3 is 1.67 bits per heavy atom. The molecule has 5 nitrogen and oxygen atoms in total. The van der Waals surface area contributed by atoms with Crippen LogP contribution in [0.4, 0.5) is 4.79 Å². The molecule has 0 N–H and O–H groups in total. The van der Waals surface area contributed by atoms with Crippen LogP contribution in [0.1, 0.15) is 104 Å². The predicted octanol–water partition coefficient (Wildman–Crippen LogP) is 11.6. The lowest BCUT2D eigenvalue weighted by atomic mass is 9.84. The SMILES string of the molecule is COC(CC/C(C)=C/CC/C(=C/CCCO[Si](c1ccccc1)(c1ccccc1)C(C)(C)C)COC(=O)OC(C)(C)C)C(c1ccccc1)c1ccccc1. The van der Waals surface area contributed by atoms with Crippen LogP contribution in [-0.4, -0.2) is 46.5 Å². The molecular formula is C49H64O5Si. The van der Waals surface area contributed by atoms with Crippen molar-refractivity contribution in [3.05, 3.63) is 156 Å². The van der Waals surface area contributed by atoms with Crippen molar-refractivity contribution in [1.29, 1.82) is 0 Å². The lowest BCUT2D eigenvalue weighted by Gasteiger charge is -2.43. The number of carbonyl (C=O) groups excluding carboxylic acids is 1. The summed E-state index contributed by atoms with van der Waals surface area (Å²) in [6, 6.07) is 42.8. The number of ether oxygens (including phenoxy) is 3. The quantitative estimate of drug-likeness (QED) is 0.0412. The molecule has 0 amide bonds. The van der Waals surface area contributed by atoms with E-state index in [1.807, 2.05) is 27.9 Å². The van der Waals surface area contributed by atoms with E-state index in [4.69, 9.17) is 18.6 Å². The minimum absolute atomic E-state index is 0.0388. The number of hydrogen-bond acceptors (Lipinski definition) is 5. The van der Waals surface area contributed by atoms with Crippen molar-refractivity contribution in [1.82, 2.24) is 0 Å². The Morgan fingerprint density at radius 2 is 1.20 bits per heavy atom. The molecule has 55 heavy (non-hydrogen) atoms. The number of allylic oxidation sites excluding steroid dienone is 3. The number of carbonyl (C=O) groups is 1. The van der Waals surface area contributed by atoms with E-state index in [1.54, 1.807) is 0 Å². The highest BCUT2D eigenvalue weighted by molar-refractivity contribution is 6.99. The number of rotatable bonds is 19. The van der Waals surface area contributed by atoms with Gasteiger partial charge in [-0.1, -0.05) is 160 Å². The molecule has 4 rings (SSSR count). The zero-order valence-corrected chi connectivity index (χ0v) is 35.6. The van der Waals surface area contributed by atoms with Crippen LogP contribution in [0.5, 0.6) is 0 Å². The number of methoxy groups -OCH3 is 1. The van der Waals surface area contributed by atoms with Crippen LogP contribution in [0.3, 0.4) is 0 Å². The third kappa shape index (κ3) is 13.2. The molecule has 0 bridgehead atoms. The van der Waals surface area contributed by atoms with Crippen molar-refractivity contribution in [2.45, 2.75) is 110 Å². The molecule has 0 heterocycles. The monoisotopic (exact) mass is 760 g/mol. The fraction of sp³-hybridized carbons (Fsp3) is 0.408. The van der Waals surface area contributed by atoms with Gasteiger partial charge in [-0.05, 0) is 98.3 Å². The third-order valence-electron chi connectivity index (χ3n) is 10.1. The summed E-state index contributed by atoms with van der Waals surface area (Å²) >= 11 is 0. The Labute approximate surface area is 332 Å². The second-order valence-corrected chi connectivity index (χ2v) is 20.8. The van der Waals surface area contributed by atoms with Crippen molar-refractivity contribution in [3.8, 4) is 0 Å². The van der Waals surface area contributed by atoms with Gasteiger partial charge in [0.15, 0.2) is 0 Å². The van der Waals surface area contributed by atoms with E-state index in [2.05, 4.69) is 161 Å². The van der Waals surface area contributed by atoms with Crippen molar-refractivity contribution in [2.24, 2.45) is 0 Å². The van der Waals surface area contributed by atoms with Gasteiger partial charge in [0.25, 0.3) is 8.32 Å². The highest BCUT2D eigenvalue weighted by atomic mass is 28.4. The minimum atomic E-state index is -2.60. The molecule has 1 atom stereocenters. The molecule has 6 heteroatoms. The molecule has 1 unspecified atom stereocenters. The van der Waals surface area contributed by atoms with Crippen LogP contribution >= 0.6 is 0 Å². The molecular weight excluding hydrogens is 697 g/mol. The van der Waals surface area contributed by atoms with Crippen LogP contribution in [0.25, 0.3) is 0 Å². The molecule has 4 aromatic carbocycles. The second-order valence-electron chi connectivity index (χ2n) is 16.5. The number of hydrogen-bond donors (Lipinski definition) is 0. The largest absolute Gasteiger partial charge is 0.509 e. The van der Waals surface area contributed by atoms with Crippen LogP contribution < -0.4 is 10.4 Å². The van der Waals surface area contributed by atoms with E-state index in [-0.39, 0.29) is 23.7 Å². The van der Waals surface area contributed by atoms with E-state index in [0.29, 0.717) is 6.61 Å². The van der Waals surface area contributed by atoms with Gasteiger partial charge in [-0.2, -0.15) is 0 Å². The summed E-state index contributed by atoms with van der Waals surface area (Å²) < 4.78 is 24.3. The molecule has 0 saturated carbocycles. The summed E-state index contributed by atoms with van der Waals surface area (Å²) in [6.45, 7) is 15.5. The molecule has 294 valence electrons. The zero-order chi connectivity index (χ0) is 39.7. The molecule has 0 fully saturated rings. The topological polar surface area (TPSA) is 54.0 Å². The standard InChI is InChI=1S/C49H64O5Si/c1-39(35-36-45(51-8)46(41-27-13-9-14-28-41)42-29-15-10-16-30-42)24-23-26-40(38-52-47(50)54-48(2,3)4)25-21-22-37-53-55(49(5,6)7,43-31-17-11-18-32-43)44-33-19-12-20-34-44/h9-20,24-25,27-34,45-46H,21-23,26,35-38H2,1-8H3/b39-24+,40-25-. The summed E-state index contributed by atoms with van der Waals surface area (Å²) in [7, 11) is -0.778. The van der Waals surface area contributed by atoms with E-state index in [1.165, 1.54) is 27.1 Å². The predicted molar refractivity (Wildman–Crippen MR) is 231 cm³/mol. The minimum Gasteiger partial charge on any atom is -0.430 e. The van der Waals surface area contributed by atoms with Gasteiger partial charge < -0.3 is 18.6 Å². The van der Waals surface area contributed by atoms with Gasteiger partial charge in [-0.25, -0.2) is 4.79 Å². The summed E-state index contributed by atoms with van der Waals surface area (Å²) in [6.07, 6.45) is 9.11. The van der Waals surface area contributed by atoms with E-state index < -0.39 is 20.1 Å². The van der Waals surface area contributed by atoms with Crippen molar-refractivity contribution in [2.75, 3.05) is 20.3 Å². The summed E-state index contributed by atoms with van der Waals surface area (Å²) in [5.74, 6) is 0.153. The zero-order valence-electron chi connectivity index (χ0n) is 34.6. The molecule has 4 aromatic rings.